The number of benzene rings is 2. The van der Waals surface area contributed by atoms with E-state index in [2.05, 4.69) is 5.32 Å². The summed E-state index contributed by atoms with van der Waals surface area (Å²) in [5.41, 5.74) is 1.70. The third-order valence-corrected chi connectivity index (χ3v) is 6.87. The minimum Gasteiger partial charge on any atom is -0.352 e. The molecule has 2 aromatic rings. The molecule has 0 saturated heterocycles. The number of nitrogens with one attached hydrogen (secondary N) is 1. The zero-order chi connectivity index (χ0) is 23.0. The molecule has 168 valence electrons. The number of hydrogen-bond acceptors (Lipinski definition) is 3. The van der Waals surface area contributed by atoms with Gasteiger partial charge in [0.05, 0.1) is 5.75 Å². The van der Waals surface area contributed by atoms with Crippen molar-refractivity contribution in [3.8, 4) is 0 Å². The van der Waals surface area contributed by atoms with Crippen molar-refractivity contribution in [3.63, 3.8) is 0 Å². The predicted molar refractivity (Wildman–Crippen MR) is 132 cm³/mol. The van der Waals surface area contributed by atoms with Gasteiger partial charge >= 0.3 is 0 Å². The van der Waals surface area contributed by atoms with Crippen LogP contribution < -0.4 is 5.32 Å². The highest BCUT2D eigenvalue weighted by molar-refractivity contribution is 7.99. The number of amides is 2. The maximum absolute atomic E-state index is 13.1. The maximum Gasteiger partial charge on any atom is 0.242 e. The highest BCUT2D eigenvalue weighted by atomic mass is 35.5. The molecule has 31 heavy (non-hydrogen) atoms. The Bertz CT molecular complexity index is 873. The number of hydrogen-bond donors (Lipinski definition) is 1. The Morgan fingerprint density at radius 1 is 1.03 bits per heavy atom. The molecule has 0 bridgehead atoms. The molecular weight excluding hydrogens is 475 g/mol. The van der Waals surface area contributed by atoms with Gasteiger partial charge in [0.25, 0.3) is 0 Å². The Kier molecular flexibility index (Phi) is 10.5. The molecule has 0 unspecified atom stereocenters. The van der Waals surface area contributed by atoms with Gasteiger partial charge in [-0.15, -0.1) is 11.8 Å². The fourth-order valence-corrected chi connectivity index (χ4v) is 4.60. The van der Waals surface area contributed by atoms with Crippen molar-refractivity contribution < 1.29 is 9.59 Å². The van der Waals surface area contributed by atoms with Crippen LogP contribution in [0.5, 0.6) is 0 Å². The molecule has 8 heteroatoms. The van der Waals surface area contributed by atoms with Crippen LogP contribution in [0.3, 0.4) is 0 Å². The van der Waals surface area contributed by atoms with Gasteiger partial charge in [-0.05, 0) is 55.7 Å². The van der Waals surface area contributed by atoms with Gasteiger partial charge in [-0.3, -0.25) is 9.59 Å². The van der Waals surface area contributed by atoms with Gasteiger partial charge in [-0.25, -0.2) is 0 Å². The van der Waals surface area contributed by atoms with E-state index in [4.69, 9.17) is 34.8 Å². The van der Waals surface area contributed by atoms with E-state index < -0.39 is 6.04 Å². The molecule has 1 N–H and O–H groups in total. The average Bonchev–Trinajstić information content (AvgIpc) is 2.74. The Labute approximate surface area is 203 Å². The van der Waals surface area contributed by atoms with E-state index in [1.807, 2.05) is 26.0 Å². The summed E-state index contributed by atoms with van der Waals surface area (Å²) in [6.45, 7) is 6.02. The van der Waals surface area contributed by atoms with Crippen LogP contribution in [0.25, 0.3) is 0 Å². The van der Waals surface area contributed by atoms with Crippen molar-refractivity contribution in [2.24, 2.45) is 0 Å². The molecule has 4 nitrogen and oxygen atoms in total. The van der Waals surface area contributed by atoms with E-state index in [0.29, 0.717) is 27.4 Å². The monoisotopic (exact) mass is 500 g/mol. The van der Waals surface area contributed by atoms with Crippen LogP contribution in [-0.4, -0.2) is 34.6 Å². The van der Waals surface area contributed by atoms with E-state index in [0.717, 1.165) is 17.5 Å². The second-order valence-electron chi connectivity index (χ2n) is 7.33. The van der Waals surface area contributed by atoms with Gasteiger partial charge < -0.3 is 10.2 Å². The zero-order valence-corrected chi connectivity index (χ0v) is 20.9. The summed E-state index contributed by atoms with van der Waals surface area (Å²) >= 11 is 19.8. The number of nitrogens with zero attached hydrogens (tertiary/aromatic N) is 1. The lowest BCUT2D eigenvalue weighted by Gasteiger charge is -2.29. The summed E-state index contributed by atoms with van der Waals surface area (Å²) in [6, 6.07) is 12.0. The average molecular weight is 502 g/mol. The summed E-state index contributed by atoms with van der Waals surface area (Å²) in [4.78, 5) is 27.4. The molecule has 2 atom stereocenters. The third kappa shape index (κ3) is 7.90. The Morgan fingerprint density at radius 2 is 1.65 bits per heavy atom. The van der Waals surface area contributed by atoms with Gasteiger partial charge in [-0.1, -0.05) is 59.9 Å². The number of carbonyl (C=O) groups excluding carboxylic acids is 2. The van der Waals surface area contributed by atoms with E-state index in [1.54, 1.807) is 42.2 Å². The third-order valence-electron chi connectivity index (χ3n) is 4.97. The molecule has 2 aromatic carbocycles. The van der Waals surface area contributed by atoms with E-state index in [-0.39, 0.29) is 23.6 Å². The normalized spacial score (nSPS) is 12.8. The smallest absolute Gasteiger partial charge is 0.242 e. The molecular formula is C23H27Cl3N2O2S. The molecule has 0 aliphatic carbocycles. The predicted octanol–water partition coefficient (Wildman–Crippen LogP) is 6.21. The molecule has 0 aliphatic rings. The molecule has 0 heterocycles. The van der Waals surface area contributed by atoms with Crippen molar-refractivity contribution in [1.82, 2.24) is 10.2 Å². The highest BCUT2D eigenvalue weighted by Gasteiger charge is 2.26. The first-order valence-electron chi connectivity index (χ1n) is 10.1. The van der Waals surface area contributed by atoms with E-state index >= 15 is 0 Å². The molecule has 2 amide bonds. The van der Waals surface area contributed by atoms with Crippen LogP contribution in [0.1, 0.15) is 38.3 Å². The first-order valence-corrected chi connectivity index (χ1v) is 12.4. The highest BCUT2D eigenvalue weighted by Crippen LogP contribution is 2.28. The fraction of sp³-hybridized carbons (Fsp3) is 0.391. The number of halogens is 3. The molecule has 0 saturated carbocycles. The van der Waals surface area contributed by atoms with Crippen LogP contribution in [0.4, 0.5) is 0 Å². The fourth-order valence-electron chi connectivity index (χ4n) is 2.83. The first-order chi connectivity index (χ1) is 14.7. The number of carbonyl (C=O) groups is 2. The lowest BCUT2D eigenvalue weighted by Crippen LogP contribution is -2.50. The lowest BCUT2D eigenvalue weighted by atomic mass is 10.1. The van der Waals surface area contributed by atoms with Crippen LogP contribution in [-0.2, 0) is 21.9 Å². The molecule has 0 aliphatic heterocycles. The minimum atomic E-state index is -0.610. The van der Waals surface area contributed by atoms with Gasteiger partial charge in [0.2, 0.25) is 11.8 Å². The van der Waals surface area contributed by atoms with E-state index in [9.17, 15) is 9.59 Å². The first kappa shape index (κ1) is 25.9. The molecule has 0 radical (unpaired) electrons. The summed E-state index contributed by atoms with van der Waals surface area (Å²) in [7, 11) is 0. The van der Waals surface area contributed by atoms with Crippen molar-refractivity contribution in [2.45, 2.75) is 51.6 Å². The molecule has 0 aromatic heterocycles. The van der Waals surface area contributed by atoms with Gasteiger partial charge in [0, 0.05) is 33.4 Å². The molecule has 2 rings (SSSR count). The van der Waals surface area contributed by atoms with Gasteiger partial charge in [-0.2, -0.15) is 0 Å². The van der Waals surface area contributed by atoms with Gasteiger partial charge in [0.15, 0.2) is 0 Å². The zero-order valence-electron chi connectivity index (χ0n) is 17.8. The summed E-state index contributed by atoms with van der Waals surface area (Å²) in [5.74, 6) is 0.411. The largest absolute Gasteiger partial charge is 0.352 e. The van der Waals surface area contributed by atoms with Crippen molar-refractivity contribution >= 4 is 58.4 Å². The minimum absolute atomic E-state index is 0.0409. The SMILES string of the molecule is CC[C@H](C)NC(=O)[C@H](C)N(Cc1ccc(Cl)cc1)C(=O)CSCc1c(Cl)cccc1Cl. The second-order valence-corrected chi connectivity index (χ2v) is 9.57. The van der Waals surface area contributed by atoms with Crippen LogP contribution >= 0.6 is 46.6 Å². The van der Waals surface area contributed by atoms with Crippen LogP contribution in [0, 0.1) is 0 Å². The lowest BCUT2D eigenvalue weighted by molar-refractivity contribution is -0.138. The molecule has 0 spiro atoms. The summed E-state index contributed by atoms with van der Waals surface area (Å²) in [6.07, 6.45) is 0.817. The topological polar surface area (TPSA) is 49.4 Å². The van der Waals surface area contributed by atoms with E-state index in [1.165, 1.54) is 11.8 Å². The summed E-state index contributed by atoms with van der Waals surface area (Å²) in [5, 5.41) is 4.73. The second kappa shape index (κ2) is 12.6. The number of thioether (sulfide) groups is 1. The van der Waals surface area contributed by atoms with Gasteiger partial charge in [0.1, 0.15) is 6.04 Å². The van der Waals surface area contributed by atoms with Crippen molar-refractivity contribution in [2.75, 3.05) is 5.75 Å². The maximum atomic E-state index is 13.1. The van der Waals surface area contributed by atoms with Crippen molar-refractivity contribution in [1.29, 1.82) is 0 Å². The van der Waals surface area contributed by atoms with Crippen LogP contribution in [0.15, 0.2) is 42.5 Å². The quantitative estimate of drug-likeness (QED) is 0.421. The Morgan fingerprint density at radius 3 is 2.23 bits per heavy atom. The standard InChI is InChI=1S/C23H27Cl3N2O2S/c1-4-15(2)27-23(30)16(3)28(12-17-8-10-18(24)11-9-17)22(29)14-31-13-19-20(25)6-5-7-21(19)26/h5-11,15-16H,4,12-14H2,1-3H3,(H,27,30)/t15-,16-/m0/s1. The number of rotatable bonds is 10. The Hall–Kier alpha value is -1.40. The van der Waals surface area contributed by atoms with Crippen LogP contribution in [0.2, 0.25) is 15.1 Å². The summed E-state index contributed by atoms with van der Waals surface area (Å²) < 4.78 is 0. The van der Waals surface area contributed by atoms with Crippen molar-refractivity contribution in [3.05, 3.63) is 68.7 Å². The Balaban J connectivity index is 2.11. The molecule has 0 fully saturated rings.